The number of carbonyl (C=O) groups is 2. The van der Waals surface area contributed by atoms with Gasteiger partial charge in [-0.05, 0) is 20.3 Å². The monoisotopic (exact) mass is 282 g/mol. The van der Waals surface area contributed by atoms with Crippen molar-refractivity contribution in [2.45, 2.75) is 32.2 Å². The summed E-state index contributed by atoms with van der Waals surface area (Å²) in [5, 5.41) is 13.9. The Morgan fingerprint density at radius 3 is 2.75 bits per heavy atom. The molecule has 0 aromatic carbocycles. The van der Waals surface area contributed by atoms with Gasteiger partial charge in [0.15, 0.2) is 11.6 Å². The molecule has 1 aromatic rings. The molecule has 2 amide bonds. The first-order valence-electron chi connectivity index (χ1n) is 5.99. The van der Waals surface area contributed by atoms with Crippen molar-refractivity contribution in [3.8, 4) is 5.75 Å². The summed E-state index contributed by atoms with van der Waals surface area (Å²) in [5.41, 5.74) is -0.650. The molecule has 3 N–H and O–H groups in total. The molecule has 1 rings (SSSR count). The molecule has 1 aromatic heterocycles. The summed E-state index contributed by atoms with van der Waals surface area (Å²) in [6, 6.07) is -0.489. The molecule has 0 unspecified atom stereocenters. The van der Waals surface area contributed by atoms with Gasteiger partial charge in [0.1, 0.15) is 6.33 Å². The number of rotatable bonds is 6. The van der Waals surface area contributed by atoms with Crippen LogP contribution < -0.4 is 15.4 Å². The van der Waals surface area contributed by atoms with Crippen molar-refractivity contribution in [1.29, 1.82) is 0 Å². The minimum atomic E-state index is -0.905. The van der Waals surface area contributed by atoms with Gasteiger partial charge in [0.25, 0.3) is 0 Å². The molecule has 0 fully saturated rings. The van der Waals surface area contributed by atoms with Crippen LogP contribution in [0.15, 0.2) is 12.5 Å². The highest BCUT2D eigenvalue weighted by Crippen LogP contribution is 2.19. The van der Waals surface area contributed by atoms with Crippen molar-refractivity contribution < 1.29 is 19.4 Å². The molecule has 0 aliphatic carbocycles. The van der Waals surface area contributed by atoms with E-state index >= 15 is 0 Å². The molecule has 0 atom stereocenters. The van der Waals surface area contributed by atoms with Crippen LogP contribution in [-0.4, -0.2) is 39.7 Å². The summed E-state index contributed by atoms with van der Waals surface area (Å²) in [5.74, 6) is -0.322. The Balaban J connectivity index is 2.60. The first-order chi connectivity index (χ1) is 9.34. The Bertz CT molecular complexity index is 490. The van der Waals surface area contributed by atoms with Gasteiger partial charge >= 0.3 is 12.0 Å². The highest BCUT2D eigenvalue weighted by Gasteiger charge is 2.22. The lowest BCUT2D eigenvalue weighted by atomic mass is 9.99. The number of aromatic nitrogens is 2. The van der Waals surface area contributed by atoms with Crippen molar-refractivity contribution in [2.75, 3.05) is 12.4 Å². The Labute approximate surface area is 116 Å². The number of anilines is 1. The highest BCUT2D eigenvalue weighted by molar-refractivity contribution is 5.90. The van der Waals surface area contributed by atoms with E-state index in [0.717, 1.165) is 0 Å². The average Bonchev–Trinajstić information content (AvgIpc) is 2.36. The van der Waals surface area contributed by atoms with Crippen LogP contribution in [0.2, 0.25) is 0 Å². The topological polar surface area (TPSA) is 113 Å². The molecular weight excluding hydrogens is 264 g/mol. The number of nitrogens with one attached hydrogen (secondary N) is 2. The van der Waals surface area contributed by atoms with Crippen molar-refractivity contribution in [3.63, 3.8) is 0 Å². The van der Waals surface area contributed by atoms with E-state index in [2.05, 4.69) is 20.6 Å². The summed E-state index contributed by atoms with van der Waals surface area (Å²) in [6.07, 6.45) is 3.01. The maximum absolute atomic E-state index is 11.9. The fourth-order valence-corrected chi connectivity index (χ4v) is 1.49. The van der Waals surface area contributed by atoms with Crippen LogP contribution in [0.4, 0.5) is 10.6 Å². The lowest BCUT2D eigenvalue weighted by molar-refractivity contribution is -0.137. The van der Waals surface area contributed by atoms with Gasteiger partial charge in [0.05, 0.1) is 13.3 Å². The molecule has 8 heteroatoms. The molecule has 0 radical (unpaired) electrons. The third-order valence-electron chi connectivity index (χ3n) is 2.55. The van der Waals surface area contributed by atoms with E-state index in [-0.39, 0.29) is 12.2 Å². The van der Waals surface area contributed by atoms with Crippen LogP contribution in [0.1, 0.15) is 26.7 Å². The number of aliphatic carboxylic acids is 1. The number of hydrogen-bond donors (Lipinski definition) is 3. The maximum atomic E-state index is 11.9. The molecule has 0 bridgehead atoms. The number of carbonyl (C=O) groups excluding carboxylic acids is 1. The minimum absolute atomic E-state index is 0.0237. The van der Waals surface area contributed by atoms with Gasteiger partial charge < -0.3 is 15.2 Å². The molecule has 0 saturated heterocycles. The maximum Gasteiger partial charge on any atom is 0.320 e. The summed E-state index contributed by atoms with van der Waals surface area (Å²) in [4.78, 5) is 30.1. The van der Waals surface area contributed by atoms with Gasteiger partial charge in [0.2, 0.25) is 0 Å². The second-order valence-electron chi connectivity index (χ2n) is 4.80. The molecule has 0 aliphatic heterocycles. The van der Waals surface area contributed by atoms with Crippen LogP contribution in [-0.2, 0) is 4.79 Å². The fraction of sp³-hybridized carbons (Fsp3) is 0.500. The van der Waals surface area contributed by atoms with Crippen molar-refractivity contribution >= 4 is 17.8 Å². The molecule has 0 aliphatic rings. The normalized spacial score (nSPS) is 10.8. The standard InChI is InChI=1S/C12H18N4O4/c1-12(2,5-4-9(17)18)16-11(19)15-10-8(20-3)6-13-7-14-10/h6-7H,4-5H2,1-3H3,(H,17,18)(H2,13,14,15,16,19). The molecule has 0 spiro atoms. The van der Waals surface area contributed by atoms with E-state index in [9.17, 15) is 9.59 Å². The number of methoxy groups -OCH3 is 1. The lowest BCUT2D eigenvalue weighted by Gasteiger charge is -2.25. The van der Waals surface area contributed by atoms with Gasteiger partial charge in [-0.1, -0.05) is 0 Å². The van der Waals surface area contributed by atoms with Gasteiger partial charge in [-0.25, -0.2) is 14.8 Å². The Kier molecular flexibility index (Phi) is 5.24. The molecule has 0 saturated carbocycles. The molecule has 20 heavy (non-hydrogen) atoms. The predicted octanol–water partition coefficient (Wildman–Crippen LogP) is 1.25. The molecule has 110 valence electrons. The Hall–Kier alpha value is -2.38. The number of urea groups is 1. The zero-order chi connectivity index (χ0) is 15.2. The van der Waals surface area contributed by atoms with Crippen LogP contribution in [0.25, 0.3) is 0 Å². The number of carboxylic acid groups (broad SMARTS) is 1. The highest BCUT2D eigenvalue weighted by atomic mass is 16.5. The van der Waals surface area contributed by atoms with E-state index in [1.807, 2.05) is 0 Å². The van der Waals surface area contributed by atoms with E-state index in [1.54, 1.807) is 13.8 Å². The Morgan fingerprint density at radius 1 is 1.45 bits per heavy atom. The summed E-state index contributed by atoms with van der Waals surface area (Å²) < 4.78 is 5.01. The minimum Gasteiger partial charge on any atom is -0.491 e. The Morgan fingerprint density at radius 2 is 2.15 bits per heavy atom. The molecular formula is C12H18N4O4. The average molecular weight is 282 g/mol. The van der Waals surface area contributed by atoms with Crippen molar-refractivity contribution in [3.05, 3.63) is 12.5 Å². The number of carboxylic acids is 1. The largest absolute Gasteiger partial charge is 0.491 e. The van der Waals surface area contributed by atoms with Crippen LogP contribution in [0.3, 0.4) is 0 Å². The van der Waals surface area contributed by atoms with Gasteiger partial charge in [-0.3, -0.25) is 10.1 Å². The SMILES string of the molecule is COc1cncnc1NC(=O)NC(C)(C)CCC(=O)O. The smallest absolute Gasteiger partial charge is 0.320 e. The lowest BCUT2D eigenvalue weighted by Crippen LogP contribution is -2.45. The quantitative estimate of drug-likeness (QED) is 0.723. The van der Waals surface area contributed by atoms with Crippen molar-refractivity contribution in [2.24, 2.45) is 0 Å². The van der Waals surface area contributed by atoms with Gasteiger partial charge in [0, 0.05) is 12.0 Å². The zero-order valence-electron chi connectivity index (χ0n) is 11.6. The molecule has 1 heterocycles. The van der Waals surface area contributed by atoms with Gasteiger partial charge in [-0.15, -0.1) is 0 Å². The van der Waals surface area contributed by atoms with E-state index < -0.39 is 17.5 Å². The van der Waals surface area contributed by atoms with Crippen LogP contribution in [0, 0.1) is 0 Å². The number of ether oxygens (including phenoxy) is 1. The van der Waals surface area contributed by atoms with Crippen LogP contribution >= 0.6 is 0 Å². The van der Waals surface area contributed by atoms with E-state index in [0.29, 0.717) is 12.2 Å². The van der Waals surface area contributed by atoms with Gasteiger partial charge in [-0.2, -0.15) is 0 Å². The number of amides is 2. The second-order valence-corrected chi connectivity index (χ2v) is 4.80. The number of nitrogens with zero attached hydrogens (tertiary/aromatic N) is 2. The van der Waals surface area contributed by atoms with Crippen molar-refractivity contribution in [1.82, 2.24) is 15.3 Å². The first-order valence-corrected chi connectivity index (χ1v) is 5.99. The van der Waals surface area contributed by atoms with E-state index in [4.69, 9.17) is 9.84 Å². The predicted molar refractivity (Wildman–Crippen MR) is 71.7 cm³/mol. The van der Waals surface area contributed by atoms with E-state index in [1.165, 1.54) is 19.6 Å². The second kappa shape index (κ2) is 6.69. The summed E-state index contributed by atoms with van der Waals surface area (Å²) >= 11 is 0. The number of hydrogen-bond acceptors (Lipinski definition) is 5. The summed E-state index contributed by atoms with van der Waals surface area (Å²) in [6.45, 7) is 3.49. The third kappa shape index (κ3) is 5.09. The first kappa shape index (κ1) is 15.7. The third-order valence-corrected chi connectivity index (χ3v) is 2.55. The molecule has 8 nitrogen and oxygen atoms in total. The van der Waals surface area contributed by atoms with Crippen LogP contribution in [0.5, 0.6) is 5.75 Å². The fourth-order valence-electron chi connectivity index (χ4n) is 1.49. The summed E-state index contributed by atoms with van der Waals surface area (Å²) in [7, 11) is 1.44. The zero-order valence-corrected chi connectivity index (χ0v) is 11.6.